The maximum absolute atomic E-state index is 13.1. The number of hydrogen-bond acceptors (Lipinski definition) is 2. The minimum atomic E-state index is -4.23. The summed E-state index contributed by atoms with van der Waals surface area (Å²) in [5.74, 6) is -1.38. The van der Waals surface area contributed by atoms with Crippen molar-refractivity contribution in [3.05, 3.63) is 35.4 Å². The van der Waals surface area contributed by atoms with E-state index in [2.05, 4.69) is 5.32 Å². The first-order valence-electron chi connectivity index (χ1n) is 8.89. The summed E-state index contributed by atoms with van der Waals surface area (Å²) in [6.45, 7) is 6.64. The second-order valence-electron chi connectivity index (χ2n) is 7.36. The molecule has 1 fully saturated rings. The van der Waals surface area contributed by atoms with Gasteiger partial charge in [0.2, 0.25) is 0 Å². The molecule has 0 unspecified atom stereocenters. The summed E-state index contributed by atoms with van der Waals surface area (Å²) in [4.78, 5) is 13.9. The number of rotatable bonds is 5. The van der Waals surface area contributed by atoms with Crippen LogP contribution in [0.25, 0.3) is 0 Å². The van der Waals surface area contributed by atoms with Crippen LogP contribution in [0, 0.1) is 11.3 Å². The number of carbonyl (C=O) groups excluding carboxylic acids is 1. The first-order chi connectivity index (χ1) is 12.1. The highest BCUT2D eigenvalue weighted by Gasteiger charge is 2.51. The fraction of sp³-hybridized carbons (Fsp3) is 0.632. The second-order valence-corrected chi connectivity index (χ2v) is 7.36. The lowest BCUT2D eigenvalue weighted by Crippen LogP contribution is -2.54. The smallest absolute Gasteiger partial charge is 0.377 e. The molecule has 4 nitrogen and oxygen atoms in total. The molecular weight excluding hydrogens is 345 g/mol. The van der Waals surface area contributed by atoms with E-state index in [0.29, 0.717) is 19.8 Å². The third kappa shape index (κ3) is 5.13. The standard InChI is InChI=1S/C19H27F3N2O2/c1-4-26-12-15-8-6-5-7-14(15)11-23-17(25)24-10-9-16(19(20,21)22)18(2,3)13-24/h5-8,16H,4,9-13H2,1-3H3,(H,23,25)/t16-/m0/s1. The molecule has 26 heavy (non-hydrogen) atoms. The zero-order valence-corrected chi connectivity index (χ0v) is 15.5. The van der Waals surface area contributed by atoms with E-state index in [1.165, 1.54) is 4.90 Å². The maximum atomic E-state index is 13.1. The maximum Gasteiger partial charge on any atom is 0.392 e. The molecule has 0 aliphatic carbocycles. The normalized spacial score (nSPS) is 20.1. The summed E-state index contributed by atoms with van der Waals surface area (Å²) >= 11 is 0. The fourth-order valence-corrected chi connectivity index (χ4v) is 3.50. The number of benzene rings is 1. The van der Waals surface area contributed by atoms with Crippen molar-refractivity contribution >= 4 is 6.03 Å². The second kappa shape index (κ2) is 8.29. The van der Waals surface area contributed by atoms with Gasteiger partial charge in [-0.3, -0.25) is 0 Å². The summed E-state index contributed by atoms with van der Waals surface area (Å²) in [6, 6.07) is 7.31. The Bertz CT molecular complexity index is 617. The number of urea groups is 1. The summed E-state index contributed by atoms with van der Waals surface area (Å²) in [7, 11) is 0. The van der Waals surface area contributed by atoms with Crippen molar-refractivity contribution in [3.8, 4) is 0 Å². The molecule has 146 valence electrons. The number of piperidine rings is 1. The van der Waals surface area contributed by atoms with Crippen molar-refractivity contribution in [2.45, 2.75) is 46.5 Å². The minimum absolute atomic E-state index is 0.0646. The van der Waals surface area contributed by atoms with Gasteiger partial charge >= 0.3 is 12.2 Å². The van der Waals surface area contributed by atoms with Crippen LogP contribution in [0.2, 0.25) is 0 Å². The van der Waals surface area contributed by atoms with Gasteiger partial charge in [0.05, 0.1) is 12.5 Å². The average Bonchev–Trinajstić information content (AvgIpc) is 2.56. The monoisotopic (exact) mass is 372 g/mol. The highest BCUT2D eigenvalue weighted by molar-refractivity contribution is 5.74. The van der Waals surface area contributed by atoms with Gasteiger partial charge in [-0.05, 0) is 29.9 Å². The van der Waals surface area contributed by atoms with Crippen molar-refractivity contribution in [1.82, 2.24) is 10.2 Å². The zero-order valence-electron chi connectivity index (χ0n) is 15.5. The fourth-order valence-electron chi connectivity index (χ4n) is 3.50. The van der Waals surface area contributed by atoms with Crippen LogP contribution in [0.1, 0.15) is 38.3 Å². The lowest BCUT2D eigenvalue weighted by molar-refractivity contribution is -0.214. The van der Waals surface area contributed by atoms with Crippen LogP contribution >= 0.6 is 0 Å². The van der Waals surface area contributed by atoms with Gasteiger partial charge < -0.3 is 15.0 Å². The Morgan fingerprint density at radius 1 is 1.31 bits per heavy atom. The molecule has 0 spiro atoms. The predicted octanol–water partition coefficient (Wildman–Crippen LogP) is 4.34. The minimum Gasteiger partial charge on any atom is -0.377 e. The van der Waals surface area contributed by atoms with Crippen LogP contribution in [0.4, 0.5) is 18.0 Å². The van der Waals surface area contributed by atoms with Gasteiger partial charge in [0.25, 0.3) is 0 Å². The van der Waals surface area contributed by atoms with Gasteiger partial charge in [0.15, 0.2) is 0 Å². The Balaban J connectivity index is 1.95. The number of halogens is 3. The lowest BCUT2D eigenvalue weighted by atomic mass is 9.73. The molecule has 0 aromatic heterocycles. The molecule has 1 N–H and O–H groups in total. The molecular formula is C19H27F3N2O2. The zero-order chi connectivity index (χ0) is 19.4. The number of alkyl halides is 3. The molecule has 1 heterocycles. The van der Waals surface area contributed by atoms with Crippen LogP contribution in [0.15, 0.2) is 24.3 Å². The lowest BCUT2D eigenvalue weighted by Gasteiger charge is -2.44. The topological polar surface area (TPSA) is 41.6 Å². The Kier molecular flexibility index (Phi) is 6.55. The van der Waals surface area contributed by atoms with Crippen molar-refractivity contribution in [2.24, 2.45) is 11.3 Å². The summed E-state index contributed by atoms with van der Waals surface area (Å²) in [5, 5.41) is 2.83. The largest absolute Gasteiger partial charge is 0.392 e. The van der Waals surface area contributed by atoms with Gasteiger partial charge in [-0.1, -0.05) is 38.1 Å². The molecule has 1 atom stereocenters. The Morgan fingerprint density at radius 3 is 2.54 bits per heavy atom. The van der Waals surface area contributed by atoms with Gasteiger partial charge in [0.1, 0.15) is 0 Å². The Labute approximate surface area is 152 Å². The van der Waals surface area contributed by atoms with Gasteiger partial charge in [-0.15, -0.1) is 0 Å². The van der Waals surface area contributed by atoms with Gasteiger partial charge in [-0.2, -0.15) is 13.2 Å². The number of hydrogen-bond donors (Lipinski definition) is 1. The molecule has 1 aromatic rings. The van der Waals surface area contributed by atoms with Crippen molar-refractivity contribution in [2.75, 3.05) is 19.7 Å². The summed E-state index contributed by atoms with van der Waals surface area (Å²) in [6.07, 6.45) is -4.30. The van der Waals surface area contributed by atoms with Gasteiger partial charge in [-0.25, -0.2) is 4.79 Å². The molecule has 7 heteroatoms. The number of amides is 2. The highest BCUT2D eigenvalue weighted by atomic mass is 19.4. The SMILES string of the molecule is CCOCc1ccccc1CNC(=O)N1CC[C@H](C(F)(F)F)C(C)(C)C1. The quantitative estimate of drug-likeness (QED) is 0.835. The Morgan fingerprint density at radius 2 is 1.96 bits per heavy atom. The molecule has 1 saturated heterocycles. The molecule has 0 saturated carbocycles. The molecule has 1 aromatic carbocycles. The van der Waals surface area contributed by atoms with E-state index in [-0.39, 0.29) is 25.5 Å². The Hall–Kier alpha value is -1.76. The first kappa shape index (κ1) is 20.6. The molecule has 1 aliphatic rings. The van der Waals surface area contributed by atoms with Gasteiger partial charge in [0, 0.05) is 26.2 Å². The number of likely N-dealkylation sites (tertiary alicyclic amines) is 1. The predicted molar refractivity (Wildman–Crippen MR) is 93.5 cm³/mol. The number of nitrogens with zero attached hydrogens (tertiary/aromatic N) is 1. The summed E-state index contributed by atoms with van der Waals surface area (Å²) in [5.41, 5.74) is 0.935. The van der Waals surface area contributed by atoms with E-state index in [4.69, 9.17) is 4.74 Å². The van der Waals surface area contributed by atoms with Crippen LogP contribution in [0.5, 0.6) is 0 Å². The van der Waals surface area contributed by atoms with E-state index in [1.807, 2.05) is 31.2 Å². The van der Waals surface area contributed by atoms with Crippen LogP contribution in [-0.4, -0.2) is 36.8 Å². The highest BCUT2D eigenvalue weighted by Crippen LogP contribution is 2.45. The average molecular weight is 372 g/mol. The summed E-state index contributed by atoms with van der Waals surface area (Å²) < 4.78 is 44.9. The van der Waals surface area contributed by atoms with E-state index in [9.17, 15) is 18.0 Å². The molecule has 0 bridgehead atoms. The first-order valence-corrected chi connectivity index (χ1v) is 8.89. The molecule has 1 aliphatic heterocycles. The van der Waals surface area contributed by atoms with Crippen LogP contribution in [0.3, 0.4) is 0 Å². The van der Waals surface area contributed by atoms with Crippen molar-refractivity contribution in [3.63, 3.8) is 0 Å². The number of carbonyl (C=O) groups is 1. The van der Waals surface area contributed by atoms with E-state index in [1.54, 1.807) is 13.8 Å². The van der Waals surface area contributed by atoms with E-state index < -0.39 is 17.5 Å². The molecule has 2 amide bonds. The van der Waals surface area contributed by atoms with E-state index >= 15 is 0 Å². The molecule has 0 radical (unpaired) electrons. The number of ether oxygens (including phenoxy) is 1. The van der Waals surface area contributed by atoms with Crippen molar-refractivity contribution < 1.29 is 22.7 Å². The van der Waals surface area contributed by atoms with Crippen molar-refractivity contribution in [1.29, 1.82) is 0 Å². The van der Waals surface area contributed by atoms with Crippen LogP contribution in [-0.2, 0) is 17.9 Å². The van der Waals surface area contributed by atoms with Crippen LogP contribution < -0.4 is 5.32 Å². The number of nitrogens with one attached hydrogen (secondary N) is 1. The third-order valence-corrected chi connectivity index (χ3v) is 4.92. The molecule has 2 rings (SSSR count). The third-order valence-electron chi connectivity index (χ3n) is 4.92. The van der Waals surface area contributed by atoms with E-state index in [0.717, 1.165) is 11.1 Å².